The summed E-state index contributed by atoms with van der Waals surface area (Å²) in [5, 5.41) is 3.24. The molecule has 0 saturated carbocycles. The van der Waals surface area contributed by atoms with Crippen molar-refractivity contribution >= 4 is 61.1 Å². The van der Waals surface area contributed by atoms with Gasteiger partial charge in [-0.2, -0.15) is 0 Å². The summed E-state index contributed by atoms with van der Waals surface area (Å²) in [5.74, 6) is 1.16. The Bertz CT molecular complexity index is 2980. The van der Waals surface area contributed by atoms with E-state index in [1.54, 1.807) is 0 Å². The molecule has 238 valence electrons. The number of H-pyrrole nitrogens is 1. The largest absolute Gasteiger partial charge is 0.450 e. The maximum absolute atomic E-state index is 6.66. The van der Waals surface area contributed by atoms with Crippen molar-refractivity contribution in [1.82, 2.24) is 19.9 Å². The van der Waals surface area contributed by atoms with Crippen molar-refractivity contribution < 1.29 is 4.42 Å². The Kier molecular flexibility index (Phi) is 5.86. The molecule has 0 fully saturated rings. The highest BCUT2D eigenvalue weighted by atomic mass is 16.3. The van der Waals surface area contributed by atoms with Gasteiger partial charge in [0.05, 0.1) is 16.7 Å². The Morgan fingerprint density at radius 3 is 1.98 bits per heavy atom. The lowest BCUT2D eigenvalue weighted by Gasteiger charge is -2.26. The van der Waals surface area contributed by atoms with Gasteiger partial charge in [0.25, 0.3) is 0 Å². The van der Waals surface area contributed by atoms with Crippen LogP contribution in [0.25, 0.3) is 88.9 Å². The minimum absolute atomic E-state index is 0.519. The first-order valence-corrected chi connectivity index (χ1v) is 17.0. The molecule has 11 rings (SSSR count). The lowest BCUT2D eigenvalue weighted by atomic mass is 9.96. The summed E-state index contributed by atoms with van der Waals surface area (Å²) in [6.45, 7) is 0. The summed E-state index contributed by atoms with van der Waals surface area (Å²) in [6.07, 6.45) is 0. The van der Waals surface area contributed by atoms with Crippen LogP contribution in [0.4, 0.5) is 17.2 Å². The SMILES string of the molecule is c1ccc(-c2cc3cc(c2)N(c2ccccc2)c2nc(nc4c2oc2ccccc24)-c2cccc(n2)-c2cccc4c2[nH]c2c-3cccc24)cc1. The average Bonchev–Trinajstić information content (AvgIpc) is 3.77. The number of para-hydroxylation sites is 4. The smallest absolute Gasteiger partial charge is 0.197 e. The lowest BCUT2D eigenvalue weighted by Crippen LogP contribution is -2.13. The Morgan fingerprint density at radius 2 is 1.14 bits per heavy atom. The second-order valence-corrected chi connectivity index (χ2v) is 12.9. The number of furan rings is 1. The number of rotatable bonds is 2. The summed E-state index contributed by atoms with van der Waals surface area (Å²) in [5.41, 5.74) is 13.0. The topological polar surface area (TPSA) is 70.8 Å². The third-order valence-corrected chi connectivity index (χ3v) is 9.95. The zero-order valence-electron chi connectivity index (χ0n) is 27.2. The fourth-order valence-electron chi connectivity index (χ4n) is 7.62. The zero-order chi connectivity index (χ0) is 33.5. The molecule has 6 aromatic carbocycles. The molecule has 0 radical (unpaired) electrons. The first-order chi connectivity index (χ1) is 25.3. The van der Waals surface area contributed by atoms with Gasteiger partial charge < -0.3 is 9.40 Å². The molecule has 1 aliphatic rings. The van der Waals surface area contributed by atoms with E-state index in [0.29, 0.717) is 22.9 Å². The maximum atomic E-state index is 6.66. The molecule has 0 aliphatic carbocycles. The Morgan fingerprint density at radius 1 is 0.471 bits per heavy atom. The third-order valence-electron chi connectivity index (χ3n) is 9.95. The van der Waals surface area contributed by atoms with E-state index >= 15 is 0 Å². The first kappa shape index (κ1) is 27.9. The second-order valence-electron chi connectivity index (χ2n) is 12.9. The van der Waals surface area contributed by atoms with Crippen molar-refractivity contribution in [1.29, 1.82) is 0 Å². The minimum atomic E-state index is 0.519. The van der Waals surface area contributed by atoms with Crippen LogP contribution in [0, 0.1) is 0 Å². The van der Waals surface area contributed by atoms with E-state index < -0.39 is 0 Å². The van der Waals surface area contributed by atoms with E-state index in [-0.39, 0.29) is 0 Å². The van der Waals surface area contributed by atoms with Gasteiger partial charge in [-0.25, -0.2) is 15.0 Å². The van der Waals surface area contributed by atoms with E-state index in [1.165, 1.54) is 0 Å². The van der Waals surface area contributed by atoms with Crippen molar-refractivity contribution in [3.05, 3.63) is 158 Å². The summed E-state index contributed by atoms with van der Waals surface area (Å²) in [4.78, 5) is 21.8. The lowest BCUT2D eigenvalue weighted by molar-refractivity contribution is 0.666. The predicted molar refractivity (Wildman–Crippen MR) is 206 cm³/mol. The Labute approximate surface area is 292 Å². The van der Waals surface area contributed by atoms with Crippen molar-refractivity contribution in [2.75, 3.05) is 4.90 Å². The molecule has 6 heteroatoms. The molecular formula is C45H27N5O. The molecule has 0 spiro atoms. The molecule has 1 aliphatic heterocycles. The zero-order valence-corrected chi connectivity index (χ0v) is 27.2. The summed E-state index contributed by atoms with van der Waals surface area (Å²) in [7, 11) is 0. The highest BCUT2D eigenvalue weighted by molar-refractivity contribution is 6.15. The van der Waals surface area contributed by atoms with E-state index in [0.717, 1.165) is 83.2 Å². The minimum Gasteiger partial charge on any atom is -0.450 e. The molecule has 51 heavy (non-hydrogen) atoms. The normalized spacial score (nSPS) is 12.3. The molecule has 0 amide bonds. The summed E-state index contributed by atoms with van der Waals surface area (Å²) >= 11 is 0. The van der Waals surface area contributed by atoms with Crippen LogP contribution in [-0.2, 0) is 0 Å². The van der Waals surface area contributed by atoms with Crippen LogP contribution in [0.1, 0.15) is 0 Å². The summed E-state index contributed by atoms with van der Waals surface area (Å²) < 4.78 is 6.66. The standard InChI is InChI=1S/C45H27N5O/c1-3-12-27(13-4-1)28-24-29-26-31(25-28)50(30-14-5-2-6-15-30)45-43-42(36-16-7-8-23-39(36)51-43)48-44(49-45)38-22-11-21-37(46-38)35-20-10-19-34-33-18-9-17-32(29)40(33)47-41(34)35/h1-26,47H. The van der Waals surface area contributed by atoms with Gasteiger partial charge in [-0.05, 0) is 71.3 Å². The van der Waals surface area contributed by atoms with E-state index in [4.69, 9.17) is 19.4 Å². The van der Waals surface area contributed by atoms with Gasteiger partial charge in [0.2, 0.25) is 0 Å². The highest BCUT2D eigenvalue weighted by Crippen LogP contribution is 2.45. The number of nitrogens with one attached hydrogen (secondary N) is 1. The molecule has 0 atom stereocenters. The van der Waals surface area contributed by atoms with Gasteiger partial charge >= 0.3 is 0 Å². The number of aromatic nitrogens is 4. The van der Waals surface area contributed by atoms with Gasteiger partial charge in [0.15, 0.2) is 17.2 Å². The van der Waals surface area contributed by atoms with Crippen LogP contribution in [-0.4, -0.2) is 19.9 Å². The molecule has 1 N–H and O–H groups in total. The number of hydrogen-bond donors (Lipinski definition) is 1. The summed E-state index contributed by atoms with van der Waals surface area (Å²) in [6, 6.07) is 54.8. The quantitative estimate of drug-likeness (QED) is 0.201. The fraction of sp³-hybridized carbons (Fsp3) is 0. The van der Waals surface area contributed by atoms with Gasteiger partial charge in [0, 0.05) is 38.7 Å². The van der Waals surface area contributed by atoms with Gasteiger partial charge in [-0.1, -0.05) is 103 Å². The number of benzene rings is 6. The van der Waals surface area contributed by atoms with Crippen LogP contribution in [0.3, 0.4) is 0 Å². The number of hydrogen-bond acceptors (Lipinski definition) is 5. The van der Waals surface area contributed by atoms with Gasteiger partial charge in [-0.3, -0.25) is 4.90 Å². The number of aromatic amines is 1. The van der Waals surface area contributed by atoms with Crippen LogP contribution in [0.5, 0.6) is 0 Å². The number of fused-ring (bicyclic) bond motifs is 14. The van der Waals surface area contributed by atoms with Crippen molar-refractivity contribution in [3.8, 4) is 45.0 Å². The van der Waals surface area contributed by atoms with Crippen LogP contribution in [0.15, 0.2) is 162 Å². The van der Waals surface area contributed by atoms with Crippen molar-refractivity contribution in [2.24, 2.45) is 0 Å². The van der Waals surface area contributed by atoms with Crippen molar-refractivity contribution in [2.45, 2.75) is 0 Å². The highest BCUT2D eigenvalue weighted by Gasteiger charge is 2.26. The van der Waals surface area contributed by atoms with Crippen LogP contribution >= 0.6 is 0 Å². The maximum Gasteiger partial charge on any atom is 0.197 e. The fourth-order valence-corrected chi connectivity index (χ4v) is 7.62. The van der Waals surface area contributed by atoms with Crippen molar-refractivity contribution in [3.63, 3.8) is 0 Å². The number of nitrogens with zero attached hydrogens (tertiary/aromatic N) is 4. The predicted octanol–water partition coefficient (Wildman–Crippen LogP) is 11.9. The van der Waals surface area contributed by atoms with E-state index in [9.17, 15) is 0 Å². The Hall–Kier alpha value is -7.05. The number of anilines is 3. The third kappa shape index (κ3) is 4.26. The Balaban J connectivity index is 1.34. The first-order valence-electron chi connectivity index (χ1n) is 17.0. The van der Waals surface area contributed by atoms with E-state index in [1.807, 2.05) is 36.4 Å². The molecule has 5 heterocycles. The molecule has 8 bridgehead atoms. The van der Waals surface area contributed by atoms with Crippen LogP contribution < -0.4 is 4.90 Å². The molecule has 6 nitrogen and oxygen atoms in total. The van der Waals surface area contributed by atoms with E-state index in [2.05, 4.69) is 131 Å². The molecule has 0 unspecified atom stereocenters. The molecule has 10 aromatic rings. The molecule has 0 saturated heterocycles. The monoisotopic (exact) mass is 653 g/mol. The average molecular weight is 654 g/mol. The van der Waals surface area contributed by atoms with Crippen LogP contribution in [0.2, 0.25) is 0 Å². The van der Waals surface area contributed by atoms with Gasteiger partial charge in [-0.15, -0.1) is 0 Å². The number of pyridine rings is 1. The second kappa shape index (κ2) is 10.7. The van der Waals surface area contributed by atoms with Gasteiger partial charge in [0.1, 0.15) is 16.8 Å². The molecule has 4 aromatic heterocycles. The molecular weight excluding hydrogens is 627 g/mol.